The van der Waals surface area contributed by atoms with Crippen LogP contribution in [0.1, 0.15) is 13.8 Å². The lowest BCUT2D eigenvalue weighted by molar-refractivity contribution is 0.0721. The van der Waals surface area contributed by atoms with Gasteiger partial charge in [0.1, 0.15) is 0 Å². The normalized spacial score (nSPS) is 14.6. The van der Waals surface area contributed by atoms with E-state index in [1.54, 1.807) is 7.11 Å². The van der Waals surface area contributed by atoms with E-state index in [1.165, 1.54) is 0 Å². The molecule has 0 aliphatic rings. The van der Waals surface area contributed by atoms with Crippen molar-refractivity contribution in [3.8, 4) is 0 Å². The molecule has 1 atom stereocenters. The number of hydrogen-bond acceptors (Lipinski definition) is 2. The number of ether oxygens (including phenoxy) is 1. The molecular formula is C6H15NO. The molecule has 0 aromatic rings. The van der Waals surface area contributed by atoms with Crippen molar-refractivity contribution in [3.63, 3.8) is 0 Å². The van der Waals surface area contributed by atoms with Gasteiger partial charge in [-0.15, -0.1) is 0 Å². The molecule has 0 saturated carbocycles. The van der Waals surface area contributed by atoms with Crippen LogP contribution in [0, 0.1) is 5.92 Å². The molecular weight excluding hydrogens is 102 g/mol. The van der Waals surface area contributed by atoms with Crippen molar-refractivity contribution in [3.05, 3.63) is 0 Å². The topological polar surface area (TPSA) is 35.2 Å². The lowest BCUT2D eigenvalue weighted by Crippen LogP contribution is -2.27. The quantitative estimate of drug-likeness (QED) is 0.588. The zero-order chi connectivity index (χ0) is 6.57. The van der Waals surface area contributed by atoms with Gasteiger partial charge in [0, 0.05) is 13.7 Å². The first-order chi connectivity index (χ1) is 3.72. The maximum absolute atomic E-state index is 5.36. The Kier molecular flexibility index (Phi) is 3.83. The highest BCUT2D eigenvalue weighted by Gasteiger charge is 2.07. The van der Waals surface area contributed by atoms with Crippen LogP contribution in [0.4, 0.5) is 0 Å². The van der Waals surface area contributed by atoms with E-state index in [0.29, 0.717) is 12.5 Å². The zero-order valence-electron chi connectivity index (χ0n) is 5.85. The minimum atomic E-state index is 0.231. The summed E-state index contributed by atoms with van der Waals surface area (Å²) >= 11 is 0. The Balaban J connectivity index is 3.35. The molecule has 8 heavy (non-hydrogen) atoms. The maximum atomic E-state index is 5.36. The summed E-state index contributed by atoms with van der Waals surface area (Å²) in [5.74, 6) is 0.532. The van der Waals surface area contributed by atoms with Crippen LogP contribution < -0.4 is 5.73 Å². The molecule has 0 rings (SSSR count). The molecule has 0 saturated heterocycles. The van der Waals surface area contributed by atoms with Crippen molar-refractivity contribution < 1.29 is 4.74 Å². The van der Waals surface area contributed by atoms with Gasteiger partial charge in [-0.25, -0.2) is 0 Å². The van der Waals surface area contributed by atoms with Gasteiger partial charge < -0.3 is 10.5 Å². The lowest BCUT2D eigenvalue weighted by atomic mass is 10.1. The summed E-state index contributed by atoms with van der Waals surface area (Å²) in [6.07, 6.45) is 0.231. The van der Waals surface area contributed by atoms with E-state index in [9.17, 15) is 0 Å². The third-order valence-corrected chi connectivity index (χ3v) is 1.28. The van der Waals surface area contributed by atoms with E-state index in [4.69, 9.17) is 10.5 Å². The van der Waals surface area contributed by atoms with Gasteiger partial charge in [-0.1, -0.05) is 13.8 Å². The molecule has 2 N–H and O–H groups in total. The second-order valence-electron chi connectivity index (χ2n) is 2.25. The predicted molar refractivity (Wildman–Crippen MR) is 34.7 cm³/mol. The SMILES string of the molecule is CO[C@H](CN)C(C)C. The summed E-state index contributed by atoms with van der Waals surface area (Å²) in [6, 6.07) is 0. The summed E-state index contributed by atoms with van der Waals surface area (Å²) in [5, 5.41) is 0. The fourth-order valence-corrected chi connectivity index (χ4v) is 0.641. The van der Waals surface area contributed by atoms with E-state index in [1.807, 2.05) is 0 Å². The van der Waals surface area contributed by atoms with Gasteiger partial charge in [-0.3, -0.25) is 0 Å². The Hall–Kier alpha value is -0.0800. The molecule has 0 fully saturated rings. The van der Waals surface area contributed by atoms with Crippen LogP contribution in [0.5, 0.6) is 0 Å². The average molecular weight is 117 g/mol. The average Bonchev–Trinajstić information content (AvgIpc) is 1.69. The van der Waals surface area contributed by atoms with Gasteiger partial charge in [-0.2, -0.15) is 0 Å². The van der Waals surface area contributed by atoms with E-state index >= 15 is 0 Å². The van der Waals surface area contributed by atoms with Crippen molar-refractivity contribution in [1.82, 2.24) is 0 Å². The Morgan fingerprint density at radius 1 is 1.50 bits per heavy atom. The van der Waals surface area contributed by atoms with Crippen LogP contribution in [0.25, 0.3) is 0 Å². The Morgan fingerprint density at radius 2 is 2.00 bits per heavy atom. The van der Waals surface area contributed by atoms with Crippen LogP contribution in [0.2, 0.25) is 0 Å². The van der Waals surface area contributed by atoms with Crippen LogP contribution in [0.15, 0.2) is 0 Å². The molecule has 0 aliphatic carbocycles. The van der Waals surface area contributed by atoms with Crippen LogP contribution in [0.3, 0.4) is 0 Å². The molecule has 0 aromatic heterocycles. The summed E-state index contributed by atoms with van der Waals surface area (Å²) in [6.45, 7) is 4.82. The first-order valence-electron chi connectivity index (χ1n) is 2.95. The van der Waals surface area contributed by atoms with Gasteiger partial charge in [0.25, 0.3) is 0 Å². The van der Waals surface area contributed by atoms with E-state index < -0.39 is 0 Å². The lowest BCUT2D eigenvalue weighted by Gasteiger charge is -2.15. The standard InChI is InChI=1S/C6H15NO/c1-5(2)6(4-7)8-3/h5-6H,4,7H2,1-3H3/t6-/m1/s1. The van der Waals surface area contributed by atoms with E-state index in [0.717, 1.165) is 0 Å². The number of nitrogens with two attached hydrogens (primary N) is 1. The van der Waals surface area contributed by atoms with Crippen molar-refractivity contribution in [2.75, 3.05) is 13.7 Å². The Morgan fingerprint density at radius 3 is 2.00 bits per heavy atom. The minimum Gasteiger partial charge on any atom is -0.380 e. The molecule has 0 aliphatic heterocycles. The van der Waals surface area contributed by atoms with E-state index in [2.05, 4.69) is 13.8 Å². The molecule has 0 spiro atoms. The molecule has 0 bridgehead atoms. The second kappa shape index (κ2) is 3.87. The summed E-state index contributed by atoms with van der Waals surface area (Å²) in [7, 11) is 1.69. The molecule has 0 unspecified atom stereocenters. The fraction of sp³-hybridized carbons (Fsp3) is 1.00. The Labute approximate surface area is 51.0 Å². The van der Waals surface area contributed by atoms with Gasteiger partial charge in [0.2, 0.25) is 0 Å². The predicted octanol–water partition coefficient (Wildman–Crippen LogP) is 0.616. The van der Waals surface area contributed by atoms with Gasteiger partial charge in [0.05, 0.1) is 6.10 Å². The molecule has 2 heteroatoms. The summed E-state index contributed by atoms with van der Waals surface area (Å²) in [4.78, 5) is 0. The summed E-state index contributed by atoms with van der Waals surface area (Å²) in [5.41, 5.74) is 5.36. The van der Waals surface area contributed by atoms with Crippen molar-refractivity contribution in [1.29, 1.82) is 0 Å². The van der Waals surface area contributed by atoms with Crippen LogP contribution >= 0.6 is 0 Å². The second-order valence-corrected chi connectivity index (χ2v) is 2.25. The zero-order valence-corrected chi connectivity index (χ0v) is 5.85. The van der Waals surface area contributed by atoms with Gasteiger partial charge in [-0.05, 0) is 5.92 Å². The van der Waals surface area contributed by atoms with Crippen molar-refractivity contribution in [2.24, 2.45) is 11.7 Å². The first kappa shape index (κ1) is 7.92. The molecule has 0 radical (unpaired) electrons. The molecule has 0 heterocycles. The van der Waals surface area contributed by atoms with Crippen molar-refractivity contribution in [2.45, 2.75) is 20.0 Å². The van der Waals surface area contributed by atoms with Crippen molar-refractivity contribution >= 4 is 0 Å². The molecule has 2 nitrogen and oxygen atoms in total. The van der Waals surface area contributed by atoms with Crippen LogP contribution in [-0.4, -0.2) is 19.8 Å². The van der Waals surface area contributed by atoms with Gasteiger partial charge >= 0.3 is 0 Å². The fourth-order valence-electron chi connectivity index (χ4n) is 0.641. The maximum Gasteiger partial charge on any atom is 0.0716 e. The molecule has 50 valence electrons. The highest BCUT2D eigenvalue weighted by molar-refractivity contribution is 4.60. The van der Waals surface area contributed by atoms with E-state index in [-0.39, 0.29) is 6.10 Å². The Bertz CT molecular complexity index is 50.5. The largest absolute Gasteiger partial charge is 0.380 e. The summed E-state index contributed by atoms with van der Waals surface area (Å²) < 4.78 is 5.04. The third-order valence-electron chi connectivity index (χ3n) is 1.28. The third kappa shape index (κ3) is 2.28. The smallest absolute Gasteiger partial charge is 0.0716 e. The molecule has 0 amide bonds. The highest BCUT2D eigenvalue weighted by atomic mass is 16.5. The van der Waals surface area contributed by atoms with Gasteiger partial charge in [0.15, 0.2) is 0 Å². The number of hydrogen-bond donors (Lipinski definition) is 1. The first-order valence-corrected chi connectivity index (χ1v) is 2.95. The highest BCUT2D eigenvalue weighted by Crippen LogP contribution is 2.01. The number of rotatable bonds is 3. The van der Waals surface area contributed by atoms with Crippen LogP contribution in [-0.2, 0) is 4.74 Å². The number of methoxy groups -OCH3 is 1. The monoisotopic (exact) mass is 117 g/mol. The minimum absolute atomic E-state index is 0.231. The molecule has 0 aromatic carbocycles.